The number of amides is 1. The third kappa shape index (κ3) is 3.93. The van der Waals surface area contributed by atoms with Gasteiger partial charge in [0.15, 0.2) is 0 Å². The van der Waals surface area contributed by atoms with Crippen molar-refractivity contribution in [3.8, 4) is 0 Å². The monoisotopic (exact) mass is 298 g/mol. The molecule has 1 fully saturated rings. The van der Waals surface area contributed by atoms with Crippen molar-refractivity contribution < 1.29 is 9.18 Å². The molecule has 3 nitrogen and oxygen atoms in total. The molecule has 5 heteroatoms. The molecule has 1 N–H and O–H groups in total. The molecule has 0 radical (unpaired) electrons. The highest BCUT2D eigenvalue weighted by Crippen LogP contribution is 2.18. The van der Waals surface area contributed by atoms with Crippen LogP contribution in [0.2, 0.25) is 5.02 Å². The zero-order chi connectivity index (χ0) is 14.5. The van der Waals surface area contributed by atoms with E-state index in [2.05, 4.69) is 17.1 Å². The fourth-order valence-corrected chi connectivity index (χ4v) is 2.87. The minimum Gasteiger partial charge on any atom is -0.351 e. The first kappa shape index (κ1) is 15.3. The van der Waals surface area contributed by atoms with Crippen molar-refractivity contribution in [1.82, 2.24) is 10.2 Å². The Morgan fingerprint density at radius 3 is 3.05 bits per heavy atom. The van der Waals surface area contributed by atoms with Crippen molar-refractivity contribution in [3.63, 3.8) is 0 Å². The summed E-state index contributed by atoms with van der Waals surface area (Å²) in [6.07, 6.45) is 2.47. The highest BCUT2D eigenvalue weighted by Gasteiger charge is 2.18. The van der Waals surface area contributed by atoms with Gasteiger partial charge in [0, 0.05) is 19.6 Å². The third-order valence-electron chi connectivity index (χ3n) is 3.64. The largest absolute Gasteiger partial charge is 0.351 e. The van der Waals surface area contributed by atoms with Gasteiger partial charge in [-0.2, -0.15) is 0 Å². The van der Waals surface area contributed by atoms with Crippen molar-refractivity contribution in [2.75, 3.05) is 26.2 Å². The lowest BCUT2D eigenvalue weighted by Gasteiger charge is -2.30. The lowest BCUT2D eigenvalue weighted by atomic mass is 10.0. The van der Waals surface area contributed by atoms with E-state index >= 15 is 0 Å². The predicted octanol–water partition coefficient (Wildman–Crippen LogP) is 2.94. The first-order valence-electron chi connectivity index (χ1n) is 7.02. The van der Waals surface area contributed by atoms with Gasteiger partial charge in [-0.25, -0.2) is 4.39 Å². The molecular formula is C15H20ClFN2O. The Morgan fingerprint density at radius 2 is 2.35 bits per heavy atom. The number of carbonyl (C=O) groups excluding carboxylic acids is 1. The van der Waals surface area contributed by atoms with E-state index in [1.54, 1.807) is 0 Å². The van der Waals surface area contributed by atoms with Crippen LogP contribution in [0.4, 0.5) is 4.39 Å². The number of hydrogen-bond acceptors (Lipinski definition) is 2. The molecule has 0 saturated carbocycles. The van der Waals surface area contributed by atoms with Crippen LogP contribution in [-0.2, 0) is 0 Å². The smallest absolute Gasteiger partial charge is 0.255 e. The molecule has 1 heterocycles. The van der Waals surface area contributed by atoms with Gasteiger partial charge in [-0.15, -0.1) is 0 Å². The van der Waals surface area contributed by atoms with E-state index in [0.29, 0.717) is 12.5 Å². The van der Waals surface area contributed by atoms with Crippen LogP contribution in [0, 0.1) is 11.7 Å². The number of rotatable bonds is 4. The van der Waals surface area contributed by atoms with E-state index in [1.165, 1.54) is 31.0 Å². The van der Waals surface area contributed by atoms with Crippen LogP contribution >= 0.6 is 11.6 Å². The maximum Gasteiger partial charge on any atom is 0.255 e. The van der Waals surface area contributed by atoms with E-state index in [0.717, 1.165) is 19.6 Å². The molecule has 0 bridgehead atoms. The van der Waals surface area contributed by atoms with Gasteiger partial charge >= 0.3 is 0 Å². The number of nitrogens with zero attached hydrogens (tertiary/aromatic N) is 1. The standard InChI is InChI=1S/C15H20ClFN2O/c1-11-4-3-8-19(10-11)9-7-18-15(20)14-12(16)5-2-6-13(14)17/h2,5-6,11H,3-4,7-10H2,1H3,(H,18,20)/t11-/m0/s1. The van der Waals surface area contributed by atoms with E-state index in [4.69, 9.17) is 11.6 Å². The number of benzene rings is 1. The van der Waals surface area contributed by atoms with Gasteiger partial charge in [0.25, 0.3) is 5.91 Å². The molecule has 1 aliphatic rings. The number of carbonyl (C=O) groups is 1. The third-order valence-corrected chi connectivity index (χ3v) is 3.96. The highest BCUT2D eigenvalue weighted by atomic mass is 35.5. The van der Waals surface area contributed by atoms with Gasteiger partial charge in [0.2, 0.25) is 0 Å². The summed E-state index contributed by atoms with van der Waals surface area (Å²) in [5, 5.41) is 2.89. The molecule has 0 aromatic heterocycles. The van der Waals surface area contributed by atoms with E-state index in [1.807, 2.05) is 0 Å². The van der Waals surface area contributed by atoms with Crippen LogP contribution < -0.4 is 5.32 Å². The Morgan fingerprint density at radius 1 is 1.55 bits per heavy atom. The molecule has 2 rings (SSSR count). The maximum atomic E-state index is 13.6. The van der Waals surface area contributed by atoms with Crippen molar-refractivity contribution in [2.45, 2.75) is 19.8 Å². The van der Waals surface area contributed by atoms with Crippen LogP contribution in [0.25, 0.3) is 0 Å². The Bertz CT molecular complexity index is 461. The van der Waals surface area contributed by atoms with E-state index in [-0.39, 0.29) is 10.6 Å². The summed E-state index contributed by atoms with van der Waals surface area (Å²) in [5.74, 6) is -0.319. The summed E-state index contributed by atoms with van der Waals surface area (Å²) in [6, 6.07) is 4.25. The molecule has 110 valence electrons. The van der Waals surface area contributed by atoms with Gasteiger partial charge in [-0.05, 0) is 37.4 Å². The summed E-state index contributed by atoms with van der Waals surface area (Å²) in [6.45, 7) is 5.68. The van der Waals surface area contributed by atoms with Crippen molar-refractivity contribution >= 4 is 17.5 Å². The van der Waals surface area contributed by atoms with Gasteiger partial charge in [-0.3, -0.25) is 4.79 Å². The van der Waals surface area contributed by atoms with E-state index < -0.39 is 11.7 Å². The zero-order valence-corrected chi connectivity index (χ0v) is 12.4. The zero-order valence-electron chi connectivity index (χ0n) is 11.7. The minimum absolute atomic E-state index is 0.0684. The minimum atomic E-state index is -0.582. The fraction of sp³-hybridized carbons (Fsp3) is 0.533. The number of piperidine rings is 1. The highest BCUT2D eigenvalue weighted by molar-refractivity contribution is 6.33. The molecule has 1 saturated heterocycles. The summed E-state index contributed by atoms with van der Waals surface area (Å²) in [5.41, 5.74) is -0.0684. The summed E-state index contributed by atoms with van der Waals surface area (Å²) in [4.78, 5) is 14.3. The lowest BCUT2D eigenvalue weighted by molar-refractivity contribution is 0.0940. The van der Waals surface area contributed by atoms with Crippen LogP contribution in [-0.4, -0.2) is 37.0 Å². The van der Waals surface area contributed by atoms with Gasteiger partial charge in [0.1, 0.15) is 5.82 Å². The average Bonchev–Trinajstić information content (AvgIpc) is 2.38. The Labute approximate surface area is 124 Å². The van der Waals surface area contributed by atoms with Crippen molar-refractivity contribution in [3.05, 3.63) is 34.6 Å². The number of nitrogens with one attached hydrogen (secondary N) is 1. The molecule has 1 amide bonds. The van der Waals surface area contributed by atoms with Crippen LogP contribution in [0.15, 0.2) is 18.2 Å². The maximum absolute atomic E-state index is 13.6. The van der Waals surface area contributed by atoms with Crippen molar-refractivity contribution in [2.24, 2.45) is 5.92 Å². The Balaban J connectivity index is 1.83. The molecule has 0 spiro atoms. The van der Waals surface area contributed by atoms with Crippen LogP contribution in [0.1, 0.15) is 30.1 Å². The molecule has 1 aromatic rings. The van der Waals surface area contributed by atoms with E-state index in [9.17, 15) is 9.18 Å². The molecule has 0 aliphatic carbocycles. The Hall–Kier alpha value is -1.13. The molecule has 1 aliphatic heterocycles. The van der Waals surface area contributed by atoms with Crippen LogP contribution in [0.3, 0.4) is 0 Å². The SMILES string of the molecule is C[C@H]1CCCN(CCNC(=O)c2c(F)cccc2Cl)C1. The van der Waals surface area contributed by atoms with Gasteiger partial charge < -0.3 is 10.2 Å². The second kappa shape index (κ2) is 7.04. The topological polar surface area (TPSA) is 32.3 Å². The first-order valence-corrected chi connectivity index (χ1v) is 7.40. The predicted molar refractivity (Wildman–Crippen MR) is 78.6 cm³/mol. The normalized spacial score (nSPS) is 19.9. The number of hydrogen-bond donors (Lipinski definition) is 1. The molecule has 20 heavy (non-hydrogen) atoms. The second-order valence-corrected chi connectivity index (χ2v) is 5.81. The number of likely N-dealkylation sites (tertiary alicyclic amines) is 1. The first-order chi connectivity index (χ1) is 9.58. The van der Waals surface area contributed by atoms with Gasteiger partial charge in [0.05, 0.1) is 10.6 Å². The quantitative estimate of drug-likeness (QED) is 0.927. The fourth-order valence-electron chi connectivity index (χ4n) is 2.62. The Kier molecular flexibility index (Phi) is 5.38. The summed E-state index contributed by atoms with van der Waals surface area (Å²) in [7, 11) is 0. The van der Waals surface area contributed by atoms with Crippen molar-refractivity contribution in [1.29, 1.82) is 0 Å². The summed E-state index contributed by atoms with van der Waals surface area (Å²) >= 11 is 5.86. The number of halogens is 2. The molecule has 1 atom stereocenters. The molecule has 0 unspecified atom stereocenters. The summed E-state index contributed by atoms with van der Waals surface area (Å²) < 4.78 is 13.6. The average molecular weight is 299 g/mol. The van der Waals surface area contributed by atoms with Crippen LogP contribution in [0.5, 0.6) is 0 Å². The second-order valence-electron chi connectivity index (χ2n) is 5.40. The van der Waals surface area contributed by atoms with Gasteiger partial charge in [-0.1, -0.05) is 24.6 Å². The lowest BCUT2D eigenvalue weighted by Crippen LogP contribution is -2.40. The molecule has 1 aromatic carbocycles. The molecular weight excluding hydrogens is 279 g/mol.